The Morgan fingerprint density at radius 3 is 2.22 bits per heavy atom. The summed E-state index contributed by atoms with van der Waals surface area (Å²) >= 11 is 0. The molecule has 0 fully saturated rings. The molecule has 3 heterocycles. The highest BCUT2D eigenvalue weighted by Crippen LogP contribution is 2.55. The Morgan fingerprint density at radius 1 is 0.967 bits per heavy atom. The van der Waals surface area contributed by atoms with E-state index >= 15 is 0 Å². The monoisotopic (exact) mass is 839 g/mol. The lowest BCUT2D eigenvalue weighted by Gasteiger charge is -2.38. The van der Waals surface area contributed by atoms with E-state index < -0.39 is 106 Å². The first-order chi connectivity index (χ1) is 27.9. The number of phenolic OH excluding ortho intramolecular Hbond substituents is 3. The van der Waals surface area contributed by atoms with Crippen LogP contribution in [0.25, 0.3) is 10.8 Å². The lowest BCUT2D eigenvalue weighted by Crippen LogP contribution is -2.46. The molecule has 0 radical (unpaired) electrons. The Balaban J connectivity index is 1.97. The maximum Gasteiger partial charge on any atom is 0.312 e. The molecule has 0 spiro atoms. The molecule has 0 saturated carbocycles. The molecule has 5 bridgehead atoms. The SMILES string of the molecule is COC1/C=C\OC2(C)Oc3c(C)c(O)c4c(O)c(c(/C=N/NC(=O)C[N+](C)(C)C)c(O)c4c3C2=O)NC(=O)/C(C)=C\C=C/C(C)C(O)C(C)C(O)C(C)C(OC(C)=O)C1C. The van der Waals surface area contributed by atoms with Crippen molar-refractivity contribution in [3.05, 3.63) is 52.8 Å². The summed E-state index contributed by atoms with van der Waals surface area (Å²) in [7, 11) is 6.79. The maximum absolute atomic E-state index is 14.4. The Hall–Kier alpha value is -5.49. The van der Waals surface area contributed by atoms with Gasteiger partial charge in [0.05, 0.1) is 74.1 Å². The molecule has 7 N–H and O–H groups in total. The normalized spacial score (nSPS) is 30.0. The third-order valence-electron chi connectivity index (χ3n) is 11.0. The molecule has 0 aromatic heterocycles. The number of esters is 1. The van der Waals surface area contributed by atoms with Crippen LogP contribution in [0.5, 0.6) is 23.0 Å². The number of aromatic hydroxyl groups is 3. The number of fused-ring (bicyclic) bond motifs is 14. The minimum absolute atomic E-state index is 0.000506. The molecule has 17 nitrogen and oxygen atoms in total. The summed E-state index contributed by atoms with van der Waals surface area (Å²) in [4.78, 5) is 53.0. The molecular formula is C43H59N4O13+. The number of carbonyl (C=O) groups is 4. The van der Waals surface area contributed by atoms with Crippen LogP contribution in [-0.2, 0) is 28.6 Å². The number of ether oxygens (including phenoxy) is 4. The number of hydrogen-bond donors (Lipinski definition) is 7. The van der Waals surface area contributed by atoms with Crippen molar-refractivity contribution in [2.24, 2.45) is 28.8 Å². The lowest BCUT2D eigenvalue weighted by molar-refractivity contribution is -0.862. The summed E-state index contributed by atoms with van der Waals surface area (Å²) in [6.45, 7) is 12.3. The first kappa shape index (κ1) is 47.2. The number of rotatable bonds is 6. The quantitative estimate of drug-likeness (QED) is 0.0546. The standard InChI is InChI=1S/C43H58N4O13/c1-20-14-13-15-21(2)42(56)45-33-27(18-44-46-29(49)19-47(9,10)11)37(53)30-31(38(33)54)36(52)25(6)40-32(30)41(55)43(8,60-40)58-17-16-28(57-12)22(3)39(59-26(7)48)24(5)35(51)23(4)34(20)50/h13-18,20,22-24,28,34-35,39,50-51H,19H2,1-12H3,(H4-,44,45,46,49,52,53,54,55,56)/p+1/b14-13-,17-16-,21-15-. The number of Topliss-reactive ketones (excluding diaryl/α,β-unsaturated/α-hetero) is 1. The van der Waals surface area contributed by atoms with Crippen LogP contribution in [0.3, 0.4) is 0 Å². The summed E-state index contributed by atoms with van der Waals surface area (Å²) in [5.41, 5.74) is 1.46. The zero-order chi connectivity index (χ0) is 45.2. The van der Waals surface area contributed by atoms with E-state index in [-0.39, 0.29) is 44.4 Å². The topological polar surface area (TPSA) is 243 Å². The molecule has 2 aromatic rings. The summed E-state index contributed by atoms with van der Waals surface area (Å²) < 4.78 is 23.7. The number of nitrogens with one attached hydrogen (secondary N) is 2. The highest BCUT2D eigenvalue weighted by molar-refractivity contribution is 6.24. The Kier molecular flexibility index (Phi) is 14.5. The predicted molar refractivity (Wildman–Crippen MR) is 222 cm³/mol. The fourth-order valence-electron chi connectivity index (χ4n) is 7.51. The van der Waals surface area contributed by atoms with Crippen molar-refractivity contribution >= 4 is 46.2 Å². The third-order valence-corrected chi connectivity index (χ3v) is 11.0. The average molecular weight is 840 g/mol. The number of ketones is 1. The van der Waals surface area contributed by atoms with Gasteiger partial charge in [-0.2, -0.15) is 5.10 Å². The Morgan fingerprint density at radius 2 is 1.62 bits per heavy atom. The molecule has 2 aromatic carbocycles. The van der Waals surface area contributed by atoms with Crippen LogP contribution in [0.1, 0.15) is 70.0 Å². The zero-order valence-corrected chi connectivity index (χ0v) is 36.2. The van der Waals surface area contributed by atoms with Crippen LogP contribution >= 0.6 is 0 Å². The number of likely N-dealkylation sites (N-methyl/N-ethyl adjacent to an activating group) is 1. The van der Waals surface area contributed by atoms with Gasteiger partial charge in [-0.3, -0.25) is 19.2 Å². The Bertz CT molecular complexity index is 2140. The third kappa shape index (κ3) is 9.75. The van der Waals surface area contributed by atoms with E-state index in [4.69, 9.17) is 18.9 Å². The number of hydrazone groups is 1. The second-order valence-electron chi connectivity index (χ2n) is 16.9. The second kappa shape index (κ2) is 18.4. The van der Waals surface area contributed by atoms with E-state index in [1.165, 1.54) is 53.0 Å². The van der Waals surface area contributed by atoms with Gasteiger partial charge in [0.25, 0.3) is 17.6 Å². The fraction of sp³-hybridized carbons (Fsp3) is 0.512. The lowest BCUT2D eigenvalue weighted by atomic mass is 9.78. The van der Waals surface area contributed by atoms with Gasteiger partial charge < -0.3 is 54.3 Å². The van der Waals surface area contributed by atoms with E-state index in [2.05, 4.69) is 15.8 Å². The van der Waals surface area contributed by atoms with Crippen LogP contribution in [0.4, 0.5) is 5.69 Å². The summed E-state index contributed by atoms with van der Waals surface area (Å²) in [6, 6.07) is 0. The van der Waals surface area contributed by atoms with Crippen molar-refractivity contribution in [1.29, 1.82) is 0 Å². The average Bonchev–Trinajstić information content (AvgIpc) is 3.43. The van der Waals surface area contributed by atoms with Crippen LogP contribution in [-0.4, -0.2) is 125 Å². The van der Waals surface area contributed by atoms with Gasteiger partial charge in [0.2, 0.25) is 0 Å². The predicted octanol–water partition coefficient (Wildman–Crippen LogP) is 3.91. The summed E-state index contributed by atoms with van der Waals surface area (Å²) in [6.07, 6.45) is 4.24. The van der Waals surface area contributed by atoms with Gasteiger partial charge in [-0.15, -0.1) is 0 Å². The van der Waals surface area contributed by atoms with Crippen molar-refractivity contribution in [2.45, 2.75) is 85.6 Å². The molecule has 0 aliphatic carbocycles. The minimum atomic E-state index is -2.10. The minimum Gasteiger partial charge on any atom is -0.507 e. The van der Waals surface area contributed by atoms with Gasteiger partial charge in [-0.1, -0.05) is 45.9 Å². The van der Waals surface area contributed by atoms with Gasteiger partial charge in [0.1, 0.15) is 23.4 Å². The second-order valence-corrected chi connectivity index (χ2v) is 16.9. The number of anilines is 1. The van der Waals surface area contributed by atoms with Crippen molar-refractivity contribution in [3.63, 3.8) is 0 Å². The molecule has 3 aliphatic rings. The molecule has 2 amide bonds. The number of benzene rings is 2. The molecule has 17 heteroatoms. The number of amides is 2. The van der Waals surface area contributed by atoms with Gasteiger partial charge in [-0.25, -0.2) is 5.43 Å². The maximum atomic E-state index is 14.4. The highest BCUT2D eigenvalue weighted by Gasteiger charge is 2.50. The molecule has 60 heavy (non-hydrogen) atoms. The zero-order valence-electron chi connectivity index (χ0n) is 36.2. The molecule has 0 saturated heterocycles. The van der Waals surface area contributed by atoms with Gasteiger partial charge >= 0.3 is 11.8 Å². The number of nitrogens with zero attached hydrogens (tertiary/aromatic N) is 2. The summed E-state index contributed by atoms with van der Waals surface area (Å²) in [5, 5.41) is 63.9. The van der Waals surface area contributed by atoms with Crippen molar-refractivity contribution < 1.29 is 68.1 Å². The first-order valence-corrected chi connectivity index (χ1v) is 19.6. The first-order valence-electron chi connectivity index (χ1n) is 19.6. The van der Waals surface area contributed by atoms with Crippen LogP contribution < -0.4 is 15.5 Å². The number of phenols is 3. The van der Waals surface area contributed by atoms with Crippen molar-refractivity contribution in [1.82, 2.24) is 5.43 Å². The van der Waals surface area contributed by atoms with Crippen LogP contribution in [0.2, 0.25) is 0 Å². The number of aliphatic hydroxyl groups excluding tert-OH is 2. The molecule has 3 aliphatic heterocycles. The van der Waals surface area contributed by atoms with E-state index in [1.807, 2.05) is 0 Å². The number of hydrogen-bond acceptors (Lipinski definition) is 14. The van der Waals surface area contributed by atoms with Crippen LogP contribution in [0.15, 0.2) is 41.2 Å². The van der Waals surface area contributed by atoms with Crippen LogP contribution in [0, 0.1) is 30.6 Å². The number of methoxy groups -OCH3 is 1. The number of quaternary nitrogens is 1. The van der Waals surface area contributed by atoms with Gasteiger partial charge in [0.15, 0.2) is 12.3 Å². The summed E-state index contributed by atoms with van der Waals surface area (Å²) in [5.74, 6) is -9.55. The van der Waals surface area contributed by atoms with E-state index in [0.29, 0.717) is 0 Å². The molecule has 5 rings (SSSR count). The van der Waals surface area contributed by atoms with Gasteiger partial charge in [-0.05, 0) is 19.9 Å². The number of carbonyl (C=O) groups excluding carboxylic acids is 4. The number of aliphatic hydroxyl groups is 2. The Labute approximate surface area is 349 Å². The van der Waals surface area contributed by atoms with Gasteiger partial charge in [0, 0.05) is 61.2 Å². The highest BCUT2D eigenvalue weighted by atomic mass is 16.7. The fourth-order valence-corrected chi connectivity index (χ4v) is 7.51. The molecule has 328 valence electrons. The van der Waals surface area contributed by atoms with Crippen molar-refractivity contribution in [3.8, 4) is 23.0 Å². The molecule has 9 atom stereocenters. The van der Waals surface area contributed by atoms with E-state index in [0.717, 1.165) is 12.5 Å². The van der Waals surface area contributed by atoms with Crippen molar-refractivity contribution in [2.75, 3.05) is 40.1 Å². The molecule has 9 unspecified atom stereocenters. The van der Waals surface area contributed by atoms with E-state index in [9.17, 15) is 44.7 Å². The molecular weight excluding hydrogens is 780 g/mol. The van der Waals surface area contributed by atoms with E-state index in [1.54, 1.807) is 54.9 Å². The largest absolute Gasteiger partial charge is 0.507 e. The number of allylic oxidation sites excluding steroid dienone is 2. The smallest absolute Gasteiger partial charge is 0.312 e.